The van der Waals surface area contributed by atoms with E-state index in [0.717, 1.165) is 30.4 Å². The molecule has 2 rings (SSSR count). The van der Waals surface area contributed by atoms with Crippen LogP contribution < -0.4 is 5.32 Å². The van der Waals surface area contributed by atoms with Gasteiger partial charge in [-0.1, -0.05) is 32.8 Å². The average Bonchev–Trinajstić information content (AvgIpc) is 2.77. The zero-order chi connectivity index (χ0) is 13.7. The Morgan fingerprint density at radius 2 is 2.00 bits per heavy atom. The van der Waals surface area contributed by atoms with Crippen molar-refractivity contribution < 1.29 is 0 Å². The fourth-order valence-electron chi connectivity index (χ4n) is 3.60. The van der Waals surface area contributed by atoms with E-state index >= 15 is 0 Å². The van der Waals surface area contributed by atoms with Gasteiger partial charge in [-0.05, 0) is 49.7 Å². The minimum Gasteiger partial charge on any atom is -0.311 e. The summed E-state index contributed by atoms with van der Waals surface area (Å²) in [6.07, 6.45) is 6.99. The van der Waals surface area contributed by atoms with Crippen LogP contribution >= 0.6 is 0 Å². The molecule has 0 spiro atoms. The normalized spacial score (nSPS) is 18.1. The molecule has 0 bridgehead atoms. The highest BCUT2D eigenvalue weighted by Crippen LogP contribution is 2.42. The van der Waals surface area contributed by atoms with Crippen LogP contribution in [0.2, 0.25) is 0 Å². The van der Waals surface area contributed by atoms with Crippen molar-refractivity contribution in [3.8, 4) is 0 Å². The number of hydrogen-bond acceptors (Lipinski definition) is 2. The molecule has 1 aromatic rings. The largest absolute Gasteiger partial charge is 0.311 e. The standard InChI is InChI=1S/C17H28N2/c1-14(2)11-17(9-4-5-10-17)13-18-12-16-8-6-7-15(3)19-16/h6-8,14,18H,4-5,9-13H2,1-3H3. The third kappa shape index (κ3) is 4.31. The maximum atomic E-state index is 4.56. The Morgan fingerprint density at radius 1 is 1.26 bits per heavy atom. The maximum absolute atomic E-state index is 4.56. The van der Waals surface area contributed by atoms with E-state index in [2.05, 4.69) is 49.3 Å². The van der Waals surface area contributed by atoms with Crippen LogP contribution in [0.1, 0.15) is 57.3 Å². The van der Waals surface area contributed by atoms with Gasteiger partial charge in [-0.2, -0.15) is 0 Å². The lowest BCUT2D eigenvalue weighted by Crippen LogP contribution is -2.33. The first-order valence-corrected chi connectivity index (χ1v) is 7.73. The Balaban J connectivity index is 1.86. The van der Waals surface area contributed by atoms with Gasteiger partial charge in [0.25, 0.3) is 0 Å². The molecule has 1 fully saturated rings. The highest BCUT2D eigenvalue weighted by molar-refractivity contribution is 5.09. The van der Waals surface area contributed by atoms with Crippen LogP contribution in [0.15, 0.2) is 18.2 Å². The minimum atomic E-state index is 0.554. The Morgan fingerprint density at radius 3 is 2.63 bits per heavy atom. The van der Waals surface area contributed by atoms with Gasteiger partial charge in [0.15, 0.2) is 0 Å². The van der Waals surface area contributed by atoms with Gasteiger partial charge in [0.2, 0.25) is 0 Å². The summed E-state index contributed by atoms with van der Waals surface area (Å²) in [5.74, 6) is 0.803. The van der Waals surface area contributed by atoms with Crippen molar-refractivity contribution in [2.75, 3.05) is 6.54 Å². The topological polar surface area (TPSA) is 24.9 Å². The van der Waals surface area contributed by atoms with E-state index < -0.39 is 0 Å². The highest BCUT2D eigenvalue weighted by atomic mass is 14.9. The monoisotopic (exact) mass is 260 g/mol. The van der Waals surface area contributed by atoms with Crippen molar-refractivity contribution in [1.29, 1.82) is 0 Å². The summed E-state index contributed by atoms with van der Waals surface area (Å²) in [7, 11) is 0. The average molecular weight is 260 g/mol. The molecule has 2 heteroatoms. The molecule has 19 heavy (non-hydrogen) atoms. The summed E-state index contributed by atoms with van der Waals surface area (Å²) < 4.78 is 0. The van der Waals surface area contributed by atoms with E-state index in [-0.39, 0.29) is 0 Å². The summed E-state index contributed by atoms with van der Waals surface area (Å²) in [5.41, 5.74) is 2.83. The van der Waals surface area contributed by atoms with Crippen molar-refractivity contribution in [3.63, 3.8) is 0 Å². The van der Waals surface area contributed by atoms with Crippen molar-refractivity contribution >= 4 is 0 Å². The molecule has 1 aliphatic rings. The van der Waals surface area contributed by atoms with Gasteiger partial charge in [0, 0.05) is 18.8 Å². The molecule has 0 unspecified atom stereocenters. The molecule has 2 nitrogen and oxygen atoms in total. The number of rotatable bonds is 6. The molecule has 0 radical (unpaired) electrons. The van der Waals surface area contributed by atoms with Crippen molar-refractivity contribution in [2.24, 2.45) is 11.3 Å². The molecule has 1 N–H and O–H groups in total. The quantitative estimate of drug-likeness (QED) is 0.833. The summed E-state index contributed by atoms with van der Waals surface area (Å²) in [5, 5.41) is 3.65. The molecule has 106 valence electrons. The smallest absolute Gasteiger partial charge is 0.0544 e. The molecular weight excluding hydrogens is 232 g/mol. The van der Waals surface area contributed by atoms with E-state index in [0.29, 0.717) is 5.41 Å². The SMILES string of the molecule is Cc1cccc(CNCC2(CC(C)C)CCCC2)n1. The lowest BCUT2D eigenvalue weighted by atomic mass is 9.78. The van der Waals surface area contributed by atoms with E-state index in [1.54, 1.807) is 0 Å². The Labute approximate surface area is 118 Å². The van der Waals surface area contributed by atoms with Crippen LogP contribution in [-0.2, 0) is 6.54 Å². The van der Waals surface area contributed by atoms with Gasteiger partial charge in [-0.3, -0.25) is 4.98 Å². The fraction of sp³-hybridized carbons (Fsp3) is 0.706. The molecule has 1 saturated carbocycles. The molecular formula is C17H28N2. The van der Waals surface area contributed by atoms with Crippen molar-refractivity contribution in [2.45, 2.75) is 59.4 Å². The minimum absolute atomic E-state index is 0.554. The number of aryl methyl sites for hydroxylation is 1. The van der Waals surface area contributed by atoms with Gasteiger partial charge in [0.1, 0.15) is 0 Å². The lowest BCUT2D eigenvalue weighted by molar-refractivity contribution is 0.223. The summed E-state index contributed by atoms with van der Waals surface area (Å²) in [6.45, 7) is 8.81. The summed E-state index contributed by atoms with van der Waals surface area (Å²) in [4.78, 5) is 4.56. The molecule has 1 heterocycles. The molecule has 0 amide bonds. The summed E-state index contributed by atoms with van der Waals surface area (Å²) in [6, 6.07) is 6.27. The number of nitrogens with one attached hydrogen (secondary N) is 1. The van der Waals surface area contributed by atoms with E-state index in [9.17, 15) is 0 Å². The second-order valence-electron chi connectivity index (χ2n) is 6.68. The van der Waals surface area contributed by atoms with Crippen molar-refractivity contribution in [3.05, 3.63) is 29.6 Å². The Hall–Kier alpha value is -0.890. The van der Waals surface area contributed by atoms with Gasteiger partial charge < -0.3 is 5.32 Å². The van der Waals surface area contributed by atoms with Gasteiger partial charge >= 0.3 is 0 Å². The Bertz CT molecular complexity index is 392. The molecule has 0 saturated heterocycles. The molecule has 0 aliphatic heterocycles. The van der Waals surface area contributed by atoms with Gasteiger partial charge in [-0.15, -0.1) is 0 Å². The summed E-state index contributed by atoms with van der Waals surface area (Å²) >= 11 is 0. The van der Waals surface area contributed by atoms with Crippen molar-refractivity contribution in [1.82, 2.24) is 10.3 Å². The second kappa shape index (κ2) is 6.51. The van der Waals surface area contributed by atoms with E-state index in [1.165, 1.54) is 32.1 Å². The number of hydrogen-bond donors (Lipinski definition) is 1. The second-order valence-corrected chi connectivity index (χ2v) is 6.68. The number of pyridine rings is 1. The van der Waals surface area contributed by atoms with E-state index in [4.69, 9.17) is 0 Å². The molecule has 0 atom stereocenters. The zero-order valence-corrected chi connectivity index (χ0v) is 12.7. The van der Waals surface area contributed by atoms with Crippen LogP contribution in [0.4, 0.5) is 0 Å². The van der Waals surface area contributed by atoms with Crippen LogP contribution in [0.3, 0.4) is 0 Å². The Kier molecular flexibility index (Phi) is 4.98. The molecule has 1 aliphatic carbocycles. The maximum Gasteiger partial charge on any atom is 0.0544 e. The van der Waals surface area contributed by atoms with Gasteiger partial charge in [0.05, 0.1) is 5.69 Å². The first-order valence-electron chi connectivity index (χ1n) is 7.73. The third-order valence-corrected chi connectivity index (χ3v) is 4.26. The van der Waals surface area contributed by atoms with Crippen LogP contribution in [0.5, 0.6) is 0 Å². The predicted octanol–water partition coefficient (Wildman–Crippen LogP) is 4.09. The third-order valence-electron chi connectivity index (χ3n) is 4.26. The lowest BCUT2D eigenvalue weighted by Gasteiger charge is -2.31. The first-order chi connectivity index (χ1) is 9.10. The molecule has 0 aromatic carbocycles. The number of aromatic nitrogens is 1. The van der Waals surface area contributed by atoms with Crippen LogP contribution in [-0.4, -0.2) is 11.5 Å². The highest BCUT2D eigenvalue weighted by Gasteiger charge is 2.33. The molecule has 1 aromatic heterocycles. The first kappa shape index (κ1) is 14.5. The van der Waals surface area contributed by atoms with Crippen LogP contribution in [0.25, 0.3) is 0 Å². The zero-order valence-electron chi connectivity index (χ0n) is 12.7. The fourth-order valence-corrected chi connectivity index (χ4v) is 3.60. The number of nitrogens with zero attached hydrogens (tertiary/aromatic N) is 1. The van der Waals surface area contributed by atoms with E-state index in [1.807, 2.05) is 0 Å². The predicted molar refractivity (Wildman–Crippen MR) is 81.0 cm³/mol. The van der Waals surface area contributed by atoms with Crippen LogP contribution in [0, 0.1) is 18.3 Å². The van der Waals surface area contributed by atoms with Gasteiger partial charge in [-0.25, -0.2) is 0 Å².